The van der Waals surface area contributed by atoms with Crippen LogP contribution in [0.4, 0.5) is 16.2 Å². The van der Waals surface area contributed by atoms with E-state index in [0.29, 0.717) is 89.0 Å². The van der Waals surface area contributed by atoms with Gasteiger partial charge in [0.15, 0.2) is 46.1 Å². The lowest BCUT2D eigenvalue weighted by Gasteiger charge is -2.39. The van der Waals surface area contributed by atoms with Gasteiger partial charge in [-0.05, 0) is 153 Å². The van der Waals surface area contributed by atoms with Crippen LogP contribution in [-0.2, 0) is 91.8 Å². The fourth-order valence-corrected chi connectivity index (χ4v) is 15.5. The number of alkyl carbamates (subject to hydrolysis) is 1. The van der Waals surface area contributed by atoms with Gasteiger partial charge in [0.1, 0.15) is 73.9 Å². The summed E-state index contributed by atoms with van der Waals surface area (Å²) in [6.45, 7) is 5.63. The number of aliphatic hydroxyl groups is 4. The van der Waals surface area contributed by atoms with E-state index in [1.165, 1.54) is 32.4 Å². The van der Waals surface area contributed by atoms with E-state index in [1.807, 2.05) is 90.9 Å². The number of fused-ring (bicyclic) bond motifs is 6. The molecule has 0 radical (unpaired) electrons. The van der Waals surface area contributed by atoms with Crippen LogP contribution < -0.4 is 37.4 Å². The van der Waals surface area contributed by atoms with Gasteiger partial charge in [-0.25, -0.2) is 4.79 Å². The van der Waals surface area contributed by atoms with Gasteiger partial charge in [-0.2, -0.15) is 8.42 Å². The third kappa shape index (κ3) is 20.7. The molecule has 5 heterocycles. The molecule has 0 saturated carbocycles. The second-order valence-electron chi connectivity index (χ2n) is 29.9. The summed E-state index contributed by atoms with van der Waals surface area (Å²) >= 11 is 0. The predicted octanol–water partition coefficient (Wildman–Crippen LogP) is 8.20. The van der Waals surface area contributed by atoms with Gasteiger partial charge in [0.05, 0.1) is 69.5 Å². The van der Waals surface area contributed by atoms with Gasteiger partial charge in [0.2, 0.25) is 6.29 Å². The summed E-state index contributed by atoms with van der Waals surface area (Å²) < 4.78 is 119. The molecule has 30 nitrogen and oxygen atoms in total. The number of Topliss-reactive ketones (excluding diaryl/α,β-unsaturated/α-hetero) is 2. The van der Waals surface area contributed by atoms with E-state index in [-0.39, 0.29) is 87.3 Å². The van der Waals surface area contributed by atoms with Crippen molar-refractivity contribution in [3.05, 3.63) is 195 Å². The second kappa shape index (κ2) is 34.9. The zero-order valence-corrected chi connectivity index (χ0v) is 65.0. The van der Waals surface area contributed by atoms with Gasteiger partial charge < -0.3 is 86.3 Å². The third-order valence-corrected chi connectivity index (χ3v) is 21.1. The van der Waals surface area contributed by atoms with Crippen LogP contribution in [0.5, 0.6) is 40.2 Å². The van der Waals surface area contributed by atoms with Crippen molar-refractivity contribution in [2.75, 3.05) is 53.9 Å². The Kier molecular flexibility index (Phi) is 25.4. The second-order valence-corrected chi connectivity index (χ2v) is 32.5. The Balaban J connectivity index is 0.731. The number of hydrogen-bond acceptors (Lipinski definition) is 25. The molecule has 0 aromatic heterocycles. The Morgan fingerprint density at radius 3 is 1.68 bits per heavy atom. The van der Waals surface area contributed by atoms with Crippen molar-refractivity contribution >= 4 is 73.8 Å². The molecule has 600 valence electrons. The van der Waals surface area contributed by atoms with Crippen molar-refractivity contribution in [2.24, 2.45) is 9.98 Å². The highest BCUT2D eigenvalue weighted by Gasteiger charge is 2.46. The maximum absolute atomic E-state index is 14.3. The molecule has 3 amide bonds. The number of nitrogens with one attached hydrogen (secondary N) is 1. The SMILES string of the molecule is COc1cc2c(cc1OCc1cc(COc3cc4c(cc3OC)C(=O)N3Cc5ccccc5C[C@H]3C=N4)cc(C[N+](C)(C)Cc3ccc(OS(=O)(=O)Oc4cc(C(=O)CCCOCCCC(=O)[C@@H](CS(=O)(=O)O)NC(=O)OC(C)(C)C)ccc4OC4O[C@H](CO)[C@H](O)[C@H](O)[C@@H]4O)cc3)c1)N=C[C@@H]1Cc3ccccc3CN1C2=O. The number of ketones is 2. The Morgan fingerprint density at radius 1 is 0.619 bits per heavy atom. The van der Waals surface area contributed by atoms with E-state index in [0.717, 1.165) is 56.6 Å². The molecule has 1 saturated heterocycles. The van der Waals surface area contributed by atoms with Crippen molar-refractivity contribution in [3.63, 3.8) is 0 Å². The van der Waals surface area contributed by atoms with Gasteiger partial charge >= 0.3 is 16.5 Å². The van der Waals surface area contributed by atoms with E-state index in [2.05, 4.69) is 17.4 Å². The third-order valence-electron chi connectivity index (χ3n) is 19.5. The van der Waals surface area contributed by atoms with Crippen molar-refractivity contribution < 1.29 is 117 Å². The number of carbonyl (C=O) groups is 5. The van der Waals surface area contributed by atoms with Gasteiger partial charge in [-0.15, -0.1) is 8.42 Å². The number of hydrogen-bond donors (Lipinski definition) is 6. The Bertz CT molecular complexity index is 4850. The topological polar surface area (TPSA) is 390 Å². The molecule has 0 spiro atoms. The standard InChI is InChI=1S/C81H90N6O24S2/c1-81(2,3)109-80(96)84-64(47-112(97,98)99)66(90)19-13-27-104-26-12-18-65(89)54-22-25-67(107-79-76(93)75(92)74(91)73(44-88)108-79)72(33-54)111-113(100,101)110-59-23-20-48(21-24-59)42-87(4,5)43-49-28-50(45-105-70-36-62-60(34-68(70)102-6)77(94)85-40-55-16-10-8-14-52(55)31-57(85)38-82-62)30-51(29-49)46-106-71-37-63-61(35-69(71)103-7)78(95)86-41-56-17-11-9-15-53(56)32-58(86)39-83-63/h8-11,14-17,20-25,28-30,33-39,57-58,64,73-76,79,88,91-93H,12-13,18-19,26-27,31-32,40-47H2,1-7H3,(H-,84,96,97,98,99)/p+1/t57-,58-,64+,73+,74-,75-,76-,79?/m0/s1. The number of benzene rings is 7. The number of aliphatic hydroxyl groups excluding tert-OH is 4. The van der Waals surface area contributed by atoms with Gasteiger partial charge in [-0.3, -0.25) is 33.7 Å². The lowest BCUT2D eigenvalue weighted by atomic mass is 9.94. The number of aliphatic imine (C=N–C) groups is 2. The molecule has 6 N–H and O–H groups in total. The highest BCUT2D eigenvalue weighted by molar-refractivity contribution is 7.85. The summed E-state index contributed by atoms with van der Waals surface area (Å²) in [5, 5.41) is 43.9. The van der Waals surface area contributed by atoms with E-state index in [9.17, 15) is 65.8 Å². The van der Waals surface area contributed by atoms with Crippen LogP contribution >= 0.6 is 0 Å². The zero-order valence-electron chi connectivity index (χ0n) is 63.3. The number of nitrogens with zero attached hydrogens (tertiary/aromatic N) is 5. The molecular formula is C81H91N6O24S2+. The number of ether oxygens (including phenoxy) is 8. The number of carbonyl (C=O) groups excluding carboxylic acids is 5. The molecule has 8 atom stereocenters. The average molecular weight is 1600 g/mol. The summed E-state index contributed by atoms with van der Waals surface area (Å²) in [5.41, 5.74) is 8.21. The van der Waals surface area contributed by atoms with Crippen LogP contribution in [0.15, 0.2) is 143 Å². The minimum atomic E-state index is -5.12. The van der Waals surface area contributed by atoms with E-state index in [1.54, 1.807) is 57.2 Å². The van der Waals surface area contributed by atoms with Crippen LogP contribution in [0.25, 0.3) is 0 Å². The first-order chi connectivity index (χ1) is 53.8. The van der Waals surface area contributed by atoms with E-state index < -0.39 is 104 Å². The van der Waals surface area contributed by atoms with Crippen molar-refractivity contribution in [3.8, 4) is 40.2 Å². The van der Waals surface area contributed by atoms with Crippen molar-refractivity contribution in [1.82, 2.24) is 15.1 Å². The van der Waals surface area contributed by atoms with E-state index in [4.69, 9.17) is 56.2 Å². The fraction of sp³-hybridized carbons (Fsp3) is 0.395. The molecule has 0 aliphatic carbocycles. The van der Waals surface area contributed by atoms with Crippen LogP contribution in [0.3, 0.4) is 0 Å². The lowest BCUT2D eigenvalue weighted by molar-refractivity contribution is -0.916. The Hall–Kier alpha value is -10.4. The molecule has 5 aliphatic rings. The smallest absolute Gasteiger partial charge is 0.493 e. The van der Waals surface area contributed by atoms with Crippen LogP contribution in [0.1, 0.15) is 122 Å². The summed E-state index contributed by atoms with van der Waals surface area (Å²) in [7, 11) is -2.75. The lowest BCUT2D eigenvalue weighted by Crippen LogP contribution is -2.60. The summed E-state index contributed by atoms with van der Waals surface area (Å²) in [4.78, 5) is 80.8. The monoisotopic (exact) mass is 1600 g/mol. The molecule has 1 fully saturated rings. The van der Waals surface area contributed by atoms with Crippen molar-refractivity contribution in [2.45, 2.75) is 153 Å². The Morgan fingerprint density at radius 2 is 1.15 bits per heavy atom. The number of methoxy groups -OCH3 is 2. The first-order valence-electron chi connectivity index (χ1n) is 36.7. The van der Waals surface area contributed by atoms with Gasteiger partial charge in [-0.1, -0.05) is 48.5 Å². The molecule has 12 rings (SSSR count). The van der Waals surface area contributed by atoms with Gasteiger partial charge in [0.25, 0.3) is 21.9 Å². The highest BCUT2D eigenvalue weighted by atomic mass is 32.3. The summed E-state index contributed by atoms with van der Waals surface area (Å²) in [6.07, 6.45) is -5.24. The minimum Gasteiger partial charge on any atom is -0.493 e. The molecule has 32 heteroatoms. The molecule has 5 aliphatic heterocycles. The molecule has 113 heavy (non-hydrogen) atoms. The maximum Gasteiger partial charge on any atom is 0.501 e. The summed E-state index contributed by atoms with van der Waals surface area (Å²) in [5.74, 6) is -2.54. The largest absolute Gasteiger partial charge is 0.501 e. The minimum absolute atomic E-state index is 0.00753. The molecular weight excluding hydrogens is 1510 g/mol. The normalized spacial score (nSPS) is 19.5. The predicted molar refractivity (Wildman–Crippen MR) is 410 cm³/mol. The number of amides is 3. The molecule has 1 unspecified atom stereocenters. The van der Waals surface area contributed by atoms with Crippen LogP contribution in [-0.4, -0.2) is 206 Å². The van der Waals surface area contributed by atoms with Gasteiger partial charge in [0, 0.05) is 80.4 Å². The first kappa shape index (κ1) is 82.1. The quantitative estimate of drug-likeness (QED) is 0.0100. The van der Waals surface area contributed by atoms with Crippen LogP contribution in [0, 0.1) is 0 Å². The average Bonchev–Trinajstić information content (AvgIpc) is 1.69. The molecule has 7 aromatic rings. The first-order valence-corrected chi connectivity index (χ1v) is 39.6. The highest BCUT2D eigenvalue weighted by Crippen LogP contribution is 2.42. The van der Waals surface area contributed by atoms with Crippen LogP contribution in [0.2, 0.25) is 0 Å². The Labute approximate surface area is 654 Å². The fourth-order valence-electron chi connectivity index (χ4n) is 14.1. The number of rotatable bonds is 32. The molecule has 0 bridgehead atoms. The summed E-state index contributed by atoms with van der Waals surface area (Å²) in [6, 6.07) is 36.4. The number of quaternary nitrogens is 1. The van der Waals surface area contributed by atoms with E-state index >= 15 is 0 Å². The maximum atomic E-state index is 14.3. The van der Waals surface area contributed by atoms with Crippen molar-refractivity contribution in [1.29, 1.82) is 0 Å². The zero-order chi connectivity index (χ0) is 80.7. The molecule has 7 aromatic carbocycles.